The van der Waals surface area contributed by atoms with Gasteiger partial charge in [-0.15, -0.1) is 0 Å². The second kappa shape index (κ2) is 11.4. The average Bonchev–Trinajstić information content (AvgIpc) is 2.76. The molecule has 7 heteroatoms. The summed E-state index contributed by atoms with van der Waals surface area (Å²) in [4.78, 5) is 36.2. The molecule has 164 valence electrons. The minimum atomic E-state index is -0.760. The van der Waals surface area contributed by atoms with Gasteiger partial charge in [-0.1, -0.05) is 43.9 Å². The zero-order valence-electron chi connectivity index (χ0n) is 17.7. The summed E-state index contributed by atoms with van der Waals surface area (Å²) < 4.78 is 1.17. The van der Waals surface area contributed by atoms with Crippen LogP contribution in [0.4, 0.5) is 0 Å². The number of nitrogens with one attached hydrogen (secondary N) is 1. The summed E-state index contributed by atoms with van der Waals surface area (Å²) in [6.07, 6.45) is 10.7. The number of imide groups is 1. The fourth-order valence-electron chi connectivity index (χ4n) is 3.75. The topological polar surface area (TPSA) is 101 Å². The number of rotatable bonds is 9. The normalized spacial score (nSPS) is 16.1. The fourth-order valence-corrected chi connectivity index (χ4v) is 3.75. The Morgan fingerprint density at radius 1 is 1.06 bits per heavy atom. The van der Waals surface area contributed by atoms with Crippen LogP contribution < -0.4 is 10.9 Å². The maximum atomic E-state index is 12.8. The first-order chi connectivity index (χ1) is 15.1. The van der Waals surface area contributed by atoms with Gasteiger partial charge in [0.2, 0.25) is 5.91 Å². The van der Waals surface area contributed by atoms with Crippen molar-refractivity contribution < 1.29 is 14.7 Å². The molecule has 1 saturated heterocycles. The van der Waals surface area contributed by atoms with Crippen LogP contribution in [0.15, 0.2) is 29.2 Å². The highest BCUT2D eigenvalue weighted by Crippen LogP contribution is 2.18. The Balaban J connectivity index is 1.57. The van der Waals surface area contributed by atoms with Crippen molar-refractivity contribution in [3.05, 3.63) is 40.3 Å². The van der Waals surface area contributed by atoms with Crippen molar-refractivity contribution in [2.75, 3.05) is 6.61 Å². The maximum absolute atomic E-state index is 12.8. The lowest BCUT2D eigenvalue weighted by Crippen LogP contribution is -2.45. The standard InChI is InChI=1S/C24H29N3O4/c28-15-9-7-5-3-1-2-4-6-8-10-18-11-12-20-19(16-18)17-25-27(24(20)31)21-13-14-22(29)26-23(21)30/h11-12,16-17,21,28H,1-7,9,13-15H2,(H,26,29,30). The molecule has 2 N–H and O–H groups in total. The second-order valence-electron chi connectivity index (χ2n) is 7.91. The Hall–Kier alpha value is -2.98. The number of amides is 2. The molecule has 1 aromatic carbocycles. The molecular weight excluding hydrogens is 394 g/mol. The number of hydrogen-bond donors (Lipinski definition) is 2. The maximum Gasteiger partial charge on any atom is 0.275 e. The third kappa shape index (κ3) is 6.25. The lowest BCUT2D eigenvalue weighted by Gasteiger charge is -2.21. The van der Waals surface area contributed by atoms with Crippen molar-refractivity contribution in [1.29, 1.82) is 0 Å². The van der Waals surface area contributed by atoms with Gasteiger partial charge in [0.25, 0.3) is 11.5 Å². The number of aliphatic hydroxyl groups is 1. The number of fused-ring (bicyclic) bond motifs is 1. The molecule has 0 radical (unpaired) electrons. The van der Waals surface area contributed by atoms with Gasteiger partial charge < -0.3 is 5.11 Å². The van der Waals surface area contributed by atoms with Crippen LogP contribution in [0.2, 0.25) is 0 Å². The Kier molecular flexibility index (Phi) is 8.36. The Morgan fingerprint density at radius 3 is 2.55 bits per heavy atom. The highest BCUT2D eigenvalue weighted by molar-refractivity contribution is 5.99. The number of piperidine rings is 1. The molecule has 31 heavy (non-hydrogen) atoms. The van der Waals surface area contributed by atoms with E-state index < -0.39 is 11.9 Å². The van der Waals surface area contributed by atoms with Gasteiger partial charge in [-0.05, 0) is 37.5 Å². The lowest BCUT2D eigenvalue weighted by atomic mass is 10.1. The van der Waals surface area contributed by atoms with E-state index >= 15 is 0 Å². The molecule has 7 nitrogen and oxygen atoms in total. The lowest BCUT2D eigenvalue weighted by molar-refractivity contribution is -0.136. The van der Waals surface area contributed by atoms with Gasteiger partial charge in [-0.25, -0.2) is 4.68 Å². The van der Waals surface area contributed by atoms with Crippen molar-refractivity contribution in [3.8, 4) is 11.8 Å². The Bertz CT molecular complexity index is 1050. The smallest absolute Gasteiger partial charge is 0.275 e. The van der Waals surface area contributed by atoms with Crippen LogP contribution in [-0.2, 0) is 9.59 Å². The highest BCUT2D eigenvalue weighted by Gasteiger charge is 2.29. The van der Waals surface area contributed by atoms with E-state index in [1.807, 2.05) is 12.1 Å². The van der Waals surface area contributed by atoms with E-state index in [1.165, 1.54) is 23.9 Å². The fraction of sp³-hybridized carbons (Fsp3) is 0.500. The van der Waals surface area contributed by atoms with E-state index in [2.05, 4.69) is 22.3 Å². The molecule has 1 fully saturated rings. The molecule has 1 unspecified atom stereocenters. The number of carbonyl (C=O) groups excluding carboxylic acids is 2. The Morgan fingerprint density at radius 2 is 1.81 bits per heavy atom. The number of carbonyl (C=O) groups is 2. The van der Waals surface area contributed by atoms with Crippen LogP contribution in [0.1, 0.15) is 75.8 Å². The van der Waals surface area contributed by atoms with E-state index in [-0.39, 0.29) is 30.9 Å². The summed E-state index contributed by atoms with van der Waals surface area (Å²) in [5, 5.41) is 16.4. The number of hydrogen-bond acceptors (Lipinski definition) is 5. The third-order valence-electron chi connectivity index (χ3n) is 5.51. The molecule has 2 aromatic rings. The summed E-state index contributed by atoms with van der Waals surface area (Å²) >= 11 is 0. The van der Waals surface area contributed by atoms with Gasteiger partial charge in [-0.2, -0.15) is 5.10 Å². The molecule has 2 amide bonds. The molecule has 0 saturated carbocycles. The van der Waals surface area contributed by atoms with Crippen molar-refractivity contribution in [1.82, 2.24) is 15.1 Å². The molecule has 1 aliphatic rings. The van der Waals surface area contributed by atoms with Crippen molar-refractivity contribution in [2.24, 2.45) is 0 Å². The predicted octanol–water partition coefficient (Wildman–Crippen LogP) is 2.84. The first-order valence-electron chi connectivity index (χ1n) is 11.0. The predicted molar refractivity (Wildman–Crippen MR) is 118 cm³/mol. The van der Waals surface area contributed by atoms with Gasteiger partial charge >= 0.3 is 0 Å². The van der Waals surface area contributed by atoms with Crippen molar-refractivity contribution in [2.45, 2.75) is 70.3 Å². The van der Waals surface area contributed by atoms with E-state index in [1.54, 1.807) is 12.3 Å². The molecule has 0 bridgehead atoms. The van der Waals surface area contributed by atoms with E-state index in [9.17, 15) is 14.4 Å². The SMILES string of the molecule is O=C1CCC(n2ncc3cc(C#CCCCCCCCCCO)ccc3c2=O)C(=O)N1. The van der Waals surface area contributed by atoms with Gasteiger partial charge in [0, 0.05) is 30.4 Å². The first-order valence-corrected chi connectivity index (χ1v) is 11.0. The zero-order chi connectivity index (χ0) is 22.1. The number of benzene rings is 1. The first kappa shape index (κ1) is 22.7. The molecule has 1 aromatic heterocycles. The summed E-state index contributed by atoms with van der Waals surface area (Å²) in [6, 6.07) is 4.61. The van der Waals surface area contributed by atoms with E-state index in [0.29, 0.717) is 10.8 Å². The number of aromatic nitrogens is 2. The quantitative estimate of drug-likeness (QED) is 0.367. The molecule has 0 spiro atoms. The van der Waals surface area contributed by atoms with Crippen LogP contribution in [0.25, 0.3) is 10.8 Å². The molecular formula is C24H29N3O4. The second-order valence-corrected chi connectivity index (χ2v) is 7.91. The van der Waals surface area contributed by atoms with Gasteiger partial charge in [0.05, 0.1) is 11.6 Å². The van der Waals surface area contributed by atoms with Crippen LogP contribution in [0.5, 0.6) is 0 Å². The number of aliphatic hydroxyl groups excluding tert-OH is 1. The third-order valence-corrected chi connectivity index (χ3v) is 5.51. The van der Waals surface area contributed by atoms with Crippen LogP contribution in [-0.4, -0.2) is 33.3 Å². The molecule has 1 aliphatic heterocycles. The van der Waals surface area contributed by atoms with Crippen LogP contribution >= 0.6 is 0 Å². The van der Waals surface area contributed by atoms with Gasteiger partial charge in [-0.3, -0.25) is 19.7 Å². The van der Waals surface area contributed by atoms with Crippen molar-refractivity contribution in [3.63, 3.8) is 0 Å². The minimum absolute atomic E-state index is 0.195. The van der Waals surface area contributed by atoms with Gasteiger partial charge in [0.15, 0.2) is 0 Å². The van der Waals surface area contributed by atoms with Crippen molar-refractivity contribution >= 4 is 22.6 Å². The summed E-state index contributed by atoms with van der Waals surface area (Å²) in [5.74, 6) is 5.53. The zero-order valence-corrected chi connectivity index (χ0v) is 17.7. The molecule has 2 heterocycles. The summed E-state index contributed by atoms with van der Waals surface area (Å²) in [5.41, 5.74) is 0.488. The van der Waals surface area contributed by atoms with E-state index in [0.717, 1.165) is 37.7 Å². The Labute approximate surface area is 181 Å². The average molecular weight is 424 g/mol. The number of nitrogens with zero attached hydrogens (tertiary/aromatic N) is 2. The molecule has 1 atom stereocenters. The molecule has 3 rings (SSSR count). The van der Waals surface area contributed by atoms with Crippen LogP contribution in [0.3, 0.4) is 0 Å². The number of unbranched alkanes of at least 4 members (excludes halogenated alkanes) is 7. The monoisotopic (exact) mass is 423 g/mol. The summed E-state index contributed by atoms with van der Waals surface area (Å²) in [7, 11) is 0. The van der Waals surface area contributed by atoms with E-state index in [4.69, 9.17) is 5.11 Å². The van der Waals surface area contributed by atoms with Gasteiger partial charge in [0.1, 0.15) is 6.04 Å². The van der Waals surface area contributed by atoms with Crippen LogP contribution in [0, 0.1) is 11.8 Å². The molecule has 0 aliphatic carbocycles. The summed E-state index contributed by atoms with van der Waals surface area (Å²) in [6.45, 7) is 0.288. The minimum Gasteiger partial charge on any atom is -0.396 e. The highest BCUT2D eigenvalue weighted by atomic mass is 16.3. The largest absolute Gasteiger partial charge is 0.396 e.